The zero-order valence-corrected chi connectivity index (χ0v) is 8.84. The van der Waals surface area contributed by atoms with Crippen LogP contribution < -0.4 is 5.73 Å². The summed E-state index contributed by atoms with van der Waals surface area (Å²) in [6.07, 6.45) is 2.44. The fourth-order valence-corrected chi connectivity index (χ4v) is 1.48. The van der Waals surface area contributed by atoms with Crippen LogP contribution in [0, 0.1) is 5.92 Å². The van der Waals surface area contributed by atoms with Gasteiger partial charge in [0.15, 0.2) is 0 Å². The summed E-state index contributed by atoms with van der Waals surface area (Å²) >= 11 is 0. The Bertz CT molecular complexity index is 89.8. The van der Waals surface area contributed by atoms with Gasteiger partial charge in [-0.05, 0) is 38.4 Å². The highest BCUT2D eigenvalue weighted by Gasteiger charge is 2.05. The van der Waals surface area contributed by atoms with Crippen LogP contribution in [0.4, 0.5) is 0 Å². The maximum absolute atomic E-state index is 5.46. The van der Waals surface area contributed by atoms with Crippen LogP contribution >= 0.6 is 0 Å². The molecule has 1 unspecified atom stereocenters. The minimum absolute atomic E-state index is 0.799. The lowest BCUT2D eigenvalue weighted by molar-refractivity contribution is 0.253. The maximum Gasteiger partial charge on any atom is 0.000679 e. The van der Waals surface area contributed by atoms with Crippen LogP contribution in [0.15, 0.2) is 0 Å². The molecule has 2 heteroatoms. The second-order valence-electron chi connectivity index (χ2n) is 3.52. The topological polar surface area (TPSA) is 29.3 Å². The Morgan fingerprint density at radius 2 is 1.83 bits per heavy atom. The number of hydrogen-bond acceptors (Lipinski definition) is 2. The SMILES string of the molecule is CCN(CC)CC(C)CCCN. The molecule has 1 atom stereocenters. The van der Waals surface area contributed by atoms with Gasteiger partial charge in [-0.25, -0.2) is 0 Å². The minimum Gasteiger partial charge on any atom is -0.330 e. The lowest BCUT2D eigenvalue weighted by atomic mass is 10.1. The number of rotatable bonds is 7. The Morgan fingerprint density at radius 3 is 2.25 bits per heavy atom. The van der Waals surface area contributed by atoms with E-state index >= 15 is 0 Å². The second kappa shape index (κ2) is 7.56. The van der Waals surface area contributed by atoms with E-state index in [1.807, 2.05) is 0 Å². The van der Waals surface area contributed by atoms with E-state index in [9.17, 15) is 0 Å². The number of nitrogens with zero attached hydrogens (tertiary/aromatic N) is 1. The Kier molecular flexibility index (Phi) is 7.51. The standard InChI is InChI=1S/C10H24N2/c1-4-12(5-2)9-10(3)7-6-8-11/h10H,4-9,11H2,1-3H3. The molecule has 0 rings (SSSR count). The number of hydrogen-bond donors (Lipinski definition) is 1. The summed E-state index contributed by atoms with van der Waals surface area (Å²) in [7, 11) is 0. The highest BCUT2D eigenvalue weighted by Crippen LogP contribution is 2.06. The van der Waals surface area contributed by atoms with Crippen molar-refractivity contribution in [2.75, 3.05) is 26.2 Å². The number of nitrogens with two attached hydrogens (primary N) is 1. The predicted molar refractivity (Wildman–Crippen MR) is 55.2 cm³/mol. The first-order chi connectivity index (χ1) is 5.74. The first-order valence-electron chi connectivity index (χ1n) is 5.16. The van der Waals surface area contributed by atoms with Gasteiger partial charge in [0.2, 0.25) is 0 Å². The fraction of sp³-hybridized carbons (Fsp3) is 1.00. The van der Waals surface area contributed by atoms with Crippen molar-refractivity contribution in [1.82, 2.24) is 4.90 Å². The third-order valence-electron chi connectivity index (χ3n) is 2.37. The van der Waals surface area contributed by atoms with Crippen molar-refractivity contribution in [3.05, 3.63) is 0 Å². The van der Waals surface area contributed by atoms with Crippen molar-refractivity contribution in [1.29, 1.82) is 0 Å². The van der Waals surface area contributed by atoms with E-state index in [4.69, 9.17) is 5.73 Å². The molecular weight excluding hydrogens is 148 g/mol. The van der Waals surface area contributed by atoms with Crippen LogP contribution in [0.5, 0.6) is 0 Å². The quantitative estimate of drug-likeness (QED) is 0.633. The Hall–Kier alpha value is -0.0800. The van der Waals surface area contributed by atoms with Crippen molar-refractivity contribution >= 4 is 0 Å². The molecule has 0 aliphatic carbocycles. The summed E-state index contributed by atoms with van der Waals surface area (Å²) in [4.78, 5) is 2.47. The van der Waals surface area contributed by atoms with Gasteiger partial charge in [0, 0.05) is 6.54 Å². The van der Waals surface area contributed by atoms with Crippen LogP contribution in [0.2, 0.25) is 0 Å². The van der Waals surface area contributed by atoms with E-state index < -0.39 is 0 Å². The van der Waals surface area contributed by atoms with E-state index in [0.717, 1.165) is 12.5 Å². The van der Waals surface area contributed by atoms with Crippen molar-refractivity contribution in [3.8, 4) is 0 Å². The molecular formula is C10H24N2. The van der Waals surface area contributed by atoms with Gasteiger partial charge in [0.05, 0.1) is 0 Å². The Labute approximate surface area is 77.1 Å². The third kappa shape index (κ3) is 5.56. The van der Waals surface area contributed by atoms with E-state index in [1.54, 1.807) is 0 Å². The molecule has 0 spiro atoms. The molecule has 0 aromatic rings. The molecule has 0 fully saturated rings. The lowest BCUT2D eigenvalue weighted by Crippen LogP contribution is -2.28. The zero-order valence-electron chi connectivity index (χ0n) is 8.84. The van der Waals surface area contributed by atoms with E-state index in [2.05, 4.69) is 25.7 Å². The molecule has 0 saturated carbocycles. The summed E-state index contributed by atoms with van der Waals surface area (Å²) in [6.45, 7) is 11.2. The van der Waals surface area contributed by atoms with Gasteiger partial charge in [-0.2, -0.15) is 0 Å². The summed E-state index contributed by atoms with van der Waals surface area (Å²) in [5, 5.41) is 0. The average molecular weight is 172 g/mol. The summed E-state index contributed by atoms with van der Waals surface area (Å²) in [6, 6.07) is 0. The molecule has 12 heavy (non-hydrogen) atoms. The molecule has 0 bridgehead atoms. The Morgan fingerprint density at radius 1 is 1.25 bits per heavy atom. The normalized spacial score (nSPS) is 13.8. The monoisotopic (exact) mass is 172 g/mol. The molecule has 74 valence electrons. The van der Waals surface area contributed by atoms with Crippen LogP contribution in [0.3, 0.4) is 0 Å². The van der Waals surface area contributed by atoms with Gasteiger partial charge in [0.1, 0.15) is 0 Å². The molecule has 0 heterocycles. The van der Waals surface area contributed by atoms with E-state index in [0.29, 0.717) is 0 Å². The summed E-state index contributed by atoms with van der Waals surface area (Å²) in [5.41, 5.74) is 5.46. The molecule has 0 amide bonds. The van der Waals surface area contributed by atoms with Crippen LogP contribution in [0.25, 0.3) is 0 Å². The molecule has 0 aromatic heterocycles. The van der Waals surface area contributed by atoms with Gasteiger partial charge in [-0.1, -0.05) is 20.8 Å². The molecule has 0 aromatic carbocycles. The van der Waals surface area contributed by atoms with Gasteiger partial charge in [-0.15, -0.1) is 0 Å². The van der Waals surface area contributed by atoms with Crippen LogP contribution in [-0.2, 0) is 0 Å². The third-order valence-corrected chi connectivity index (χ3v) is 2.37. The first kappa shape index (κ1) is 11.9. The van der Waals surface area contributed by atoms with Crippen LogP contribution in [0.1, 0.15) is 33.6 Å². The summed E-state index contributed by atoms with van der Waals surface area (Å²) in [5.74, 6) is 0.799. The van der Waals surface area contributed by atoms with Crippen molar-refractivity contribution in [2.45, 2.75) is 33.6 Å². The van der Waals surface area contributed by atoms with E-state index in [1.165, 1.54) is 32.5 Å². The Balaban J connectivity index is 3.44. The smallest absolute Gasteiger partial charge is 0.000679 e. The molecule has 2 N–H and O–H groups in total. The molecule has 0 radical (unpaired) electrons. The van der Waals surface area contributed by atoms with Crippen molar-refractivity contribution in [2.24, 2.45) is 11.7 Å². The largest absolute Gasteiger partial charge is 0.330 e. The van der Waals surface area contributed by atoms with E-state index in [-0.39, 0.29) is 0 Å². The molecule has 0 aliphatic rings. The molecule has 0 aliphatic heterocycles. The zero-order chi connectivity index (χ0) is 9.40. The highest BCUT2D eigenvalue weighted by atomic mass is 15.1. The average Bonchev–Trinajstić information content (AvgIpc) is 2.10. The lowest BCUT2D eigenvalue weighted by Gasteiger charge is -2.22. The van der Waals surface area contributed by atoms with Gasteiger partial charge in [-0.3, -0.25) is 0 Å². The van der Waals surface area contributed by atoms with Crippen molar-refractivity contribution < 1.29 is 0 Å². The minimum atomic E-state index is 0.799. The molecule has 2 nitrogen and oxygen atoms in total. The first-order valence-corrected chi connectivity index (χ1v) is 5.16. The highest BCUT2D eigenvalue weighted by molar-refractivity contribution is 4.60. The maximum atomic E-state index is 5.46. The van der Waals surface area contributed by atoms with Crippen molar-refractivity contribution in [3.63, 3.8) is 0 Å². The van der Waals surface area contributed by atoms with Crippen LogP contribution in [-0.4, -0.2) is 31.1 Å². The van der Waals surface area contributed by atoms with Gasteiger partial charge < -0.3 is 10.6 Å². The molecule has 0 saturated heterocycles. The second-order valence-corrected chi connectivity index (χ2v) is 3.52. The van der Waals surface area contributed by atoms with Gasteiger partial charge in [0.25, 0.3) is 0 Å². The van der Waals surface area contributed by atoms with Gasteiger partial charge >= 0.3 is 0 Å². The summed E-state index contributed by atoms with van der Waals surface area (Å²) < 4.78 is 0. The fourth-order valence-electron chi connectivity index (χ4n) is 1.48. The predicted octanol–water partition coefficient (Wildman–Crippen LogP) is 1.70.